The summed E-state index contributed by atoms with van der Waals surface area (Å²) < 4.78 is 4.88. The number of aromatic nitrogens is 1. The number of piperazine rings is 1. The molecule has 2 N–H and O–H groups in total. The van der Waals surface area contributed by atoms with Crippen molar-refractivity contribution in [2.24, 2.45) is 4.99 Å². The number of hydrogen-bond donors (Lipinski definition) is 2. The number of carbonyl (C=O) groups is 1. The molecule has 0 spiro atoms. The van der Waals surface area contributed by atoms with Crippen LogP contribution < -0.4 is 10.6 Å². The first kappa shape index (κ1) is 22.7. The van der Waals surface area contributed by atoms with Gasteiger partial charge in [-0.2, -0.15) is 0 Å². The fraction of sp³-hybridized carbons (Fsp3) is 0.706. The molecule has 0 radical (unpaired) electrons. The molecule has 1 amide bonds. The molecular formula is C17H31IN6O2. The second kappa shape index (κ2) is 10.7. The first-order valence-electron chi connectivity index (χ1n) is 8.83. The molecule has 1 aromatic rings. The first-order chi connectivity index (χ1) is 11.9. The molecule has 0 unspecified atom stereocenters. The van der Waals surface area contributed by atoms with E-state index in [0.717, 1.165) is 50.9 Å². The molecule has 0 bridgehead atoms. The average Bonchev–Trinajstić information content (AvgIpc) is 3.03. The third kappa shape index (κ3) is 7.90. The topological polar surface area (TPSA) is 86.0 Å². The molecule has 0 aromatic carbocycles. The quantitative estimate of drug-likeness (QED) is 0.377. The zero-order chi connectivity index (χ0) is 18.3. The number of hydrogen-bond acceptors (Lipinski definition) is 5. The Labute approximate surface area is 172 Å². The number of amides is 1. The van der Waals surface area contributed by atoms with Gasteiger partial charge < -0.3 is 20.1 Å². The van der Waals surface area contributed by atoms with Gasteiger partial charge in [-0.15, -0.1) is 24.0 Å². The molecule has 8 nitrogen and oxygen atoms in total. The Kier molecular flexibility index (Phi) is 9.34. The van der Waals surface area contributed by atoms with Crippen molar-refractivity contribution in [3.05, 3.63) is 18.0 Å². The molecule has 1 aromatic heterocycles. The van der Waals surface area contributed by atoms with Gasteiger partial charge in [0.2, 0.25) is 5.91 Å². The largest absolute Gasteiger partial charge is 0.364 e. The van der Waals surface area contributed by atoms with Crippen molar-refractivity contribution in [3.63, 3.8) is 0 Å². The third-order valence-corrected chi connectivity index (χ3v) is 3.77. The van der Waals surface area contributed by atoms with E-state index in [1.165, 1.54) is 0 Å². The lowest BCUT2D eigenvalue weighted by Gasteiger charge is -2.36. The third-order valence-electron chi connectivity index (χ3n) is 3.77. The van der Waals surface area contributed by atoms with E-state index in [9.17, 15) is 4.79 Å². The Balaban J connectivity index is 0.00000338. The van der Waals surface area contributed by atoms with Gasteiger partial charge in [0.15, 0.2) is 5.96 Å². The summed E-state index contributed by atoms with van der Waals surface area (Å²) in [6.45, 7) is 13.2. The highest BCUT2D eigenvalue weighted by Gasteiger charge is 2.21. The SMILES string of the molecule is CCNC(=NCC(=O)NC(C)(C)C)N1CCN(Cc2ccon2)CC1.I. The molecule has 1 aliphatic heterocycles. The molecule has 26 heavy (non-hydrogen) atoms. The Morgan fingerprint density at radius 2 is 2.00 bits per heavy atom. The summed E-state index contributed by atoms with van der Waals surface area (Å²) in [5.74, 6) is 0.736. The summed E-state index contributed by atoms with van der Waals surface area (Å²) in [6.07, 6.45) is 1.60. The van der Waals surface area contributed by atoms with E-state index in [0.29, 0.717) is 0 Å². The summed E-state index contributed by atoms with van der Waals surface area (Å²) in [6, 6.07) is 1.89. The van der Waals surface area contributed by atoms with Crippen LogP contribution >= 0.6 is 24.0 Å². The van der Waals surface area contributed by atoms with Gasteiger partial charge in [-0.05, 0) is 27.7 Å². The van der Waals surface area contributed by atoms with Crippen LogP contribution in [-0.4, -0.2) is 71.6 Å². The second-order valence-electron chi connectivity index (χ2n) is 7.22. The molecular weight excluding hydrogens is 447 g/mol. The van der Waals surface area contributed by atoms with E-state index < -0.39 is 0 Å². The van der Waals surface area contributed by atoms with Crippen LogP contribution in [-0.2, 0) is 11.3 Å². The van der Waals surface area contributed by atoms with E-state index in [1.807, 2.05) is 33.8 Å². The smallest absolute Gasteiger partial charge is 0.242 e. The van der Waals surface area contributed by atoms with Crippen LogP contribution in [0.1, 0.15) is 33.4 Å². The molecule has 0 saturated carbocycles. The lowest BCUT2D eigenvalue weighted by atomic mass is 10.1. The fourth-order valence-electron chi connectivity index (χ4n) is 2.70. The van der Waals surface area contributed by atoms with Gasteiger partial charge in [0.05, 0.1) is 5.69 Å². The lowest BCUT2D eigenvalue weighted by molar-refractivity contribution is -0.121. The number of rotatable bonds is 5. The number of nitrogens with zero attached hydrogens (tertiary/aromatic N) is 4. The number of aliphatic imine (C=N–C) groups is 1. The molecule has 1 fully saturated rings. The van der Waals surface area contributed by atoms with Gasteiger partial charge >= 0.3 is 0 Å². The maximum Gasteiger partial charge on any atom is 0.242 e. The molecule has 9 heteroatoms. The van der Waals surface area contributed by atoms with Crippen molar-refractivity contribution in [2.45, 2.75) is 39.8 Å². The van der Waals surface area contributed by atoms with E-state index in [2.05, 4.69) is 30.6 Å². The molecule has 2 rings (SSSR count). The monoisotopic (exact) mass is 478 g/mol. The zero-order valence-electron chi connectivity index (χ0n) is 16.1. The van der Waals surface area contributed by atoms with Crippen molar-refractivity contribution in [1.29, 1.82) is 0 Å². The van der Waals surface area contributed by atoms with Crippen LogP contribution in [0.25, 0.3) is 0 Å². The molecule has 1 aliphatic rings. The Hall–Kier alpha value is -1.36. The maximum atomic E-state index is 12.0. The summed E-state index contributed by atoms with van der Waals surface area (Å²) in [7, 11) is 0. The van der Waals surface area contributed by atoms with Crippen LogP contribution in [0.4, 0.5) is 0 Å². The molecule has 2 heterocycles. The van der Waals surface area contributed by atoms with Crippen molar-refractivity contribution < 1.29 is 9.32 Å². The molecule has 148 valence electrons. The standard InChI is InChI=1S/C17H30N6O2.HI/c1-5-18-16(19-12-15(24)20-17(2,3)4)23-9-7-22(8-10-23)13-14-6-11-25-21-14;/h6,11H,5,7-10,12-13H2,1-4H3,(H,18,19)(H,20,24);1H. The van der Waals surface area contributed by atoms with Gasteiger partial charge in [0.25, 0.3) is 0 Å². The van der Waals surface area contributed by atoms with Crippen LogP contribution in [0.15, 0.2) is 21.8 Å². The maximum absolute atomic E-state index is 12.0. The van der Waals surface area contributed by atoms with Crippen LogP contribution in [0.5, 0.6) is 0 Å². The van der Waals surface area contributed by atoms with Gasteiger partial charge in [-0.25, -0.2) is 4.99 Å². The minimum Gasteiger partial charge on any atom is -0.364 e. The van der Waals surface area contributed by atoms with E-state index in [4.69, 9.17) is 4.52 Å². The Morgan fingerprint density at radius 3 is 2.54 bits per heavy atom. The summed E-state index contributed by atoms with van der Waals surface area (Å²) in [4.78, 5) is 21.0. The predicted molar refractivity (Wildman–Crippen MR) is 113 cm³/mol. The minimum atomic E-state index is -0.238. The zero-order valence-corrected chi connectivity index (χ0v) is 18.4. The second-order valence-corrected chi connectivity index (χ2v) is 7.22. The van der Waals surface area contributed by atoms with Gasteiger partial charge in [-0.1, -0.05) is 5.16 Å². The highest BCUT2D eigenvalue weighted by molar-refractivity contribution is 14.0. The number of carbonyl (C=O) groups excluding carboxylic acids is 1. The highest BCUT2D eigenvalue weighted by atomic mass is 127. The summed E-state index contributed by atoms with van der Waals surface area (Å²) in [5.41, 5.74) is 0.713. The lowest BCUT2D eigenvalue weighted by Crippen LogP contribution is -2.52. The summed E-state index contributed by atoms with van der Waals surface area (Å²) in [5, 5.41) is 10.2. The molecule has 1 saturated heterocycles. The van der Waals surface area contributed by atoms with Gasteiger partial charge in [-0.3, -0.25) is 9.69 Å². The van der Waals surface area contributed by atoms with Crippen LogP contribution in [0.2, 0.25) is 0 Å². The van der Waals surface area contributed by atoms with Crippen LogP contribution in [0, 0.1) is 0 Å². The van der Waals surface area contributed by atoms with Crippen molar-refractivity contribution in [3.8, 4) is 0 Å². The van der Waals surface area contributed by atoms with Gasteiger partial charge in [0.1, 0.15) is 12.8 Å². The van der Waals surface area contributed by atoms with E-state index in [-0.39, 0.29) is 42.0 Å². The average molecular weight is 478 g/mol. The fourth-order valence-corrected chi connectivity index (χ4v) is 2.70. The van der Waals surface area contributed by atoms with Crippen molar-refractivity contribution in [1.82, 2.24) is 25.6 Å². The van der Waals surface area contributed by atoms with Gasteiger partial charge in [0, 0.05) is 50.9 Å². The highest BCUT2D eigenvalue weighted by Crippen LogP contribution is 2.07. The molecule has 0 atom stereocenters. The van der Waals surface area contributed by atoms with Crippen molar-refractivity contribution >= 4 is 35.8 Å². The molecule has 0 aliphatic carbocycles. The summed E-state index contributed by atoms with van der Waals surface area (Å²) >= 11 is 0. The number of halogens is 1. The Bertz CT molecular complexity index is 562. The normalized spacial score (nSPS) is 16.2. The predicted octanol–water partition coefficient (Wildman–Crippen LogP) is 1.29. The number of guanidine groups is 1. The van der Waals surface area contributed by atoms with Crippen LogP contribution in [0.3, 0.4) is 0 Å². The first-order valence-corrected chi connectivity index (χ1v) is 8.83. The number of nitrogens with one attached hydrogen (secondary N) is 2. The Morgan fingerprint density at radius 1 is 1.31 bits per heavy atom. The van der Waals surface area contributed by atoms with E-state index in [1.54, 1.807) is 6.26 Å². The van der Waals surface area contributed by atoms with Crippen molar-refractivity contribution in [2.75, 3.05) is 39.3 Å². The minimum absolute atomic E-state index is 0. The van der Waals surface area contributed by atoms with E-state index >= 15 is 0 Å².